The van der Waals surface area contributed by atoms with Crippen molar-refractivity contribution in [2.24, 2.45) is 0 Å². The standard InChI is InChI=1S/C27H36Cl3N7O3/c1-17-16-36(12-13-37(17)25(38)34-8-10-35(11-9-34)26(39)40-27(3,4)5)24-31-15-22(30)23(33-24)32-18(2)20-7-6-19(28)14-21(20)29/h6-7,14-15,17-18H,8-13,16H2,1-5H3,(H,31,32,33)/t17-,18?/m1/s1. The van der Waals surface area contributed by atoms with E-state index in [-0.39, 0.29) is 24.2 Å². The maximum absolute atomic E-state index is 13.3. The van der Waals surface area contributed by atoms with Crippen molar-refractivity contribution in [3.05, 3.63) is 45.0 Å². The predicted molar refractivity (Wildman–Crippen MR) is 159 cm³/mol. The average molecular weight is 613 g/mol. The number of carbonyl (C=O) groups is 2. The van der Waals surface area contributed by atoms with Crippen LogP contribution in [0.15, 0.2) is 24.4 Å². The Hall–Kier alpha value is -2.69. The molecule has 3 amide bonds. The Bertz CT molecular complexity index is 1230. The third kappa shape index (κ3) is 7.33. The molecule has 4 rings (SSSR count). The summed E-state index contributed by atoms with van der Waals surface area (Å²) in [6.45, 7) is 13.0. The first kappa shape index (κ1) is 30.3. The predicted octanol–water partition coefficient (Wildman–Crippen LogP) is 5.79. The van der Waals surface area contributed by atoms with Gasteiger partial charge in [0.05, 0.1) is 12.2 Å². The minimum Gasteiger partial charge on any atom is -0.444 e. The SMILES string of the molecule is CC(Nc1nc(N2CCN(C(=O)N3CCN(C(=O)OC(C)(C)C)CC3)[C@H](C)C2)ncc1Cl)c1ccc(Cl)cc1Cl. The van der Waals surface area contributed by atoms with Crippen LogP contribution in [0.2, 0.25) is 15.1 Å². The van der Waals surface area contributed by atoms with Crippen molar-refractivity contribution in [1.82, 2.24) is 24.7 Å². The summed E-state index contributed by atoms with van der Waals surface area (Å²) in [7, 11) is 0. The Balaban J connectivity index is 1.34. The Morgan fingerprint density at radius 1 is 1.02 bits per heavy atom. The van der Waals surface area contributed by atoms with Crippen molar-refractivity contribution >= 4 is 58.7 Å². The van der Waals surface area contributed by atoms with Gasteiger partial charge in [-0.1, -0.05) is 40.9 Å². The summed E-state index contributed by atoms with van der Waals surface area (Å²) in [5.41, 5.74) is 0.321. The van der Waals surface area contributed by atoms with Crippen molar-refractivity contribution in [1.29, 1.82) is 0 Å². The molecule has 3 heterocycles. The topological polar surface area (TPSA) is 94.1 Å². The van der Waals surface area contributed by atoms with E-state index in [9.17, 15) is 9.59 Å². The maximum atomic E-state index is 13.3. The van der Waals surface area contributed by atoms with Gasteiger partial charge in [0.15, 0.2) is 5.82 Å². The van der Waals surface area contributed by atoms with Crippen molar-refractivity contribution in [3.8, 4) is 0 Å². The monoisotopic (exact) mass is 611 g/mol. The fourth-order valence-electron chi connectivity index (χ4n) is 4.76. The average Bonchev–Trinajstić information content (AvgIpc) is 2.88. The number of nitrogens with one attached hydrogen (secondary N) is 1. The number of ether oxygens (including phenoxy) is 1. The van der Waals surface area contributed by atoms with E-state index in [1.54, 1.807) is 28.1 Å². The van der Waals surface area contributed by atoms with E-state index in [4.69, 9.17) is 44.5 Å². The van der Waals surface area contributed by atoms with Crippen LogP contribution in [0, 0.1) is 0 Å². The van der Waals surface area contributed by atoms with Crippen molar-refractivity contribution in [3.63, 3.8) is 0 Å². The summed E-state index contributed by atoms with van der Waals surface area (Å²) in [6, 6.07) is 5.10. The van der Waals surface area contributed by atoms with Gasteiger partial charge in [-0.15, -0.1) is 0 Å². The lowest BCUT2D eigenvalue weighted by Crippen LogP contribution is -2.60. The molecule has 2 aliphatic rings. The normalized spacial score (nSPS) is 18.9. The van der Waals surface area contributed by atoms with Gasteiger partial charge < -0.3 is 29.7 Å². The molecular weight excluding hydrogens is 577 g/mol. The summed E-state index contributed by atoms with van der Waals surface area (Å²) in [5.74, 6) is 1.03. The number of piperazine rings is 2. The molecule has 10 nitrogen and oxygen atoms in total. The second-order valence-electron chi connectivity index (χ2n) is 11.1. The molecule has 2 fully saturated rings. The molecule has 2 aromatic rings. The molecule has 0 aliphatic carbocycles. The highest BCUT2D eigenvalue weighted by Gasteiger charge is 2.34. The molecule has 1 N–H and O–H groups in total. The van der Waals surface area contributed by atoms with E-state index >= 15 is 0 Å². The first-order valence-electron chi connectivity index (χ1n) is 13.3. The largest absolute Gasteiger partial charge is 0.444 e. The van der Waals surface area contributed by atoms with Crippen LogP contribution in [0.5, 0.6) is 0 Å². The molecule has 2 saturated heterocycles. The van der Waals surface area contributed by atoms with Gasteiger partial charge in [0.2, 0.25) is 5.95 Å². The van der Waals surface area contributed by atoms with Gasteiger partial charge in [0.1, 0.15) is 10.6 Å². The quantitative estimate of drug-likeness (QED) is 0.467. The molecule has 0 saturated carbocycles. The number of aromatic nitrogens is 2. The van der Waals surface area contributed by atoms with Crippen molar-refractivity contribution < 1.29 is 14.3 Å². The summed E-state index contributed by atoms with van der Waals surface area (Å²) in [4.78, 5) is 42.2. The van der Waals surface area contributed by atoms with Gasteiger partial charge in [-0.05, 0) is 52.3 Å². The Morgan fingerprint density at radius 2 is 1.70 bits per heavy atom. The van der Waals surface area contributed by atoms with Crippen LogP contribution in [0.3, 0.4) is 0 Å². The summed E-state index contributed by atoms with van der Waals surface area (Å²) < 4.78 is 5.46. The molecular formula is C27H36Cl3N7O3. The van der Waals surface area contributed by atoms with Gasteiger partial charge in [0.25, 0.3) is 0 Å². The smallest absolute Gasteiger partial charge is 0.410 e. The number of hydrogen-bond acceptors (Lipinski definition) is 7. The summed E-state index contributed by atoms with van der Waals surface area (Å²) in [5, 5.41) is 4.84. The van der Waals surface area contributed by atoms with E-state index in [1.807, 2.05) is 45.6 Å². The fourth-order valence-corrected chi connectivity index (χ4v) is 5.48. The zero-order valence-corrected chi connectivity index (χ0v) is 25.7. The van der Waals surface area contributed by atoms with Gasteiger partial charge >= 0.3 is 12.1 Å². The summed E-state index contributed by atoms with van der Waals surface area (Å²) >= 11 is 18.8. The lowest BCUT2D eigenvalue weighted by atomic mass is 10.1. The number of amides is 3. The second kappa shape index (κ2) is 12.4. The fraction of sp³-hybridized carbons (Fsp3) is 0.556. The first-order valence-corrected chi connectivity index (χ1v) is 14.5. The highest BCUT2D eigenvalue weighted by atomic mass is 35.5. The molecule has 2 atom stereocenters. The first-order chi connectivity index (χ1) is 18.8. The molecule has 0 spiro atoms. The van der Waals surface area contributed by atoms with Crippen LogP contribution in [0.1, 0.15) is 46.2 Å². The molecule has 218 valence electrons. The number of carbonyl (C=O) groups excluding carboxylic acids is 2. The minimum absolute atomic E-state index is 0.0240. The highest BCUT2D eigenvalue weighted by Crippen LogP contribution is 2.31. The van der Waals surface area contributed by atoms with Gasteiger partial charge in [0, 0.05) is 61.9 Å². The number of benzene rings is 1. The number of anilines is 2. The number of halogens is 3. The van der Waals surface area contributed by atoms with Crippen LogP contribution in [0.25, 0.3) is 0 Å². The van der Waals surface area contributed by atoms with Crippen LogP contribution in [-0.4, -0.2) is 94.2 Å². The van der Waals surface area contributed by atoms with Crippen LogP contribution in [0.4, 0.5) is 21.4 Å². The Labute approximate surface area is 250 Å². The van der Waals surface area contributed by atoms with E-state index in [0.717, 1.165) is 5.56 Å². The lowest BCUT2D eigenvalue weighted by Gasteiger charge is -2.43. The molecule has 1 unspecified atom stereocenters. The number of rotatable bonds is 4. The molecule has 1 aromatic heterocycles. The molecule has 1 aromatic carbocycles. The zero-order valence-electron chi connectivity index (χ0n) is 23.5. The number of urea groups is 1. The molecule has 2 aliphatic heterocycles. The van der Waals surface area contributed by atoms with Gasteiger partial charge in [-0.25, -0.2) is 14.6 Å². The van der Waals surface area contributed by atoms with Crippen LogP contribution in [-0.2, 0) is 4.74 Å². The molecule has 0 radical (unpaired) electrons. The maximum Gasteiger partial charge on any atom is 0.410 e. The zero-order chi connectivity index (χ0) is 29.2. The Kier molecular flexibility index (Phi) is 9.42. The summed E-state index contributed by atoms with van der Waals surface area (Å²) in [6.07, 6.45) is 1.23. The molecule has 13 heteroatoms. The van der Waals surface area contributed by atoms with Crippen molar-refractivity contribution in [2.45, 2.75) is 52.3 Å². The van der Waals surface area contributed by atoms with Gasteiger partial charge in [-0.2, -0.15) is 4.98 Å². The van der Waals surface area contributed by atoms with E-state index in [1.165, 1.54) is 0 Å². The number of nitrogens with zero attached hydrogens (tertiary/aromatic N) is 6. The number of hydrogen-bond donors (Lipinski definition) is 1. The van der Waals surface area contributed by atoms with Crippen LogP contribution < -0.4 is 10.2 Å². The van der Waals surface area contributed by atoms with Gasteiger partial charge in [-0.3, -0.25) is 0 Å². The second-order valence-corrected chi connectivity index (χ2v) is 12.4. The van der Waals surface area contributed by atoms with E-state index in [0.29, 0.717) is 72.6 Å². The van der Waals surface area contributed by atoms with Crippen LogP contribution >= 0.6 is 34.8 Å². The lowest BCUT2D eigenvalue weighted by molar-refractivity contribution is 0.0151. The molecule has 0 bridgehead atoms. The van der Waals surface area contributed by atoms with Crippen molar-refractivity contribution in [2.75, 3.05) is 56.0 Å². The Morgan fingerprint density at radius 3 is 2.33 bits per heavy atom. The van der Waals surface area contributed by atoms with E-state index in [2.05, 4.69) is 15.2 Å². The minimum atomic E-state index is -0.549. The van der Waals surface area contributed by atoms with E-state index < -0.39 is 5.60 Å². The third-order valence-electron chi connectivity index (χ3n) is 6.87. The molecule has 40 heavy (non-hydrogen) atoms. The highest BCUT2D eigenvalue weighted by molar-refractivity contribution is 6.35. The third-order valence-corrected chi connectivity index (χ3v) is 7.71.